The smallest absolute Gasteiger partial charge is 0.00699 e. The van der Waals surface area contributed by atoms with E-state index in [4.69, 9.17) is 0 Å². The van der Waals surface area contributed by atoms with Gasteiger partial charge in [-0.25, -0.2) is 0 Å². The molecule has 154 valence electrons. The number of unbranched alkanes of at least 4 members (excludes halogenated alkanes) is 4. The molecule has 0 aliphatic carbocycles. The van der Waals surface area contributed by atoms with Crippen molar-refractivity contribution in [1.29, 1.82) is 0 Å². The van der Waals surface area contributed by atoms with Crippen LogP contribution in [0.5, 0.6) is 0 Å². The third-order valence-electron chi connectivity index (χ3n) is 4.81. The van der Waals surface area contributed by atoms with Crippen LogP contribution in [0.2, 0.25) is 0 Å². The van der Waals surface area contributed by atoms with E-state index in [9.17, 15) is 0 Å². The van der Waals surface area contributed by atoms with Crippen molar-refractivity contribution in [1.82, 2.24) is 0 Å². The summed E-state index contributed by atoms with van der Waals surface area (Å²) >= 11 is 0. The third-order valence-corrected chi connectivity index (χ3v) is 4.81. The Labute approximate surface area is 167 Å². The van der Waals surface area contributed by atoms with Crippen LogP contribution in [0.25, 0.3) is 0 Å². The maximum absolute atomic E-state index is 3.97. The number of benzene rings is 1. The normalized spacial score (nSPS) is 9.58. The number of hydrogen-bond donors (Lipinski definition) is 0. The van der Waals surface area contributed by atoms with E-state index in [0.29, 0.717) is 0 Å². The Hall–Kier alpha value is -1.04. The fraction of sp³-hybridized carbons (Fsp3) is 0.692. The van der Waals surface area contributed by atoms with Crippen molar-refractivity contribution in [3.63, 3.8) is 0 Å². The molecule has 0 heteroatoms. The van der Waals surface area contributed by atoms with Gasteiger partial charge in [-0.05, 0) is 24.3 Å². The summed E-state index contributed by atoms with van der Waals surface area (Å²) in [4.78, 5) is 0. The molecule has 0 N–H and O–H groups in total. The highest BCUT2D eigenvalue weighted by atomic mass is 14.1. The molecule has 0 saturated heterocycles. The molecule has 0 saturated carbocycles. The Balaban J connectivity index is -0.000000381. The van der Waals surface area contributed by atoms with Crippen molar-refractivity contribution in [2.75, 3.05) is 0 Å². The highest BCUT2D eigenvalue weighted by molar-refractivity contribution is 5.20. The molecule has 0 radical (unpaired) electrons. The summed E-state index contributed by atoms with van der Waals surface area (Å²) in [6.07, 6.45) is 15.0. The van der Waals surface area contributed by atoms with Crippen molar-refractivity contribution in [3.8, 4) is 0 Å². The fourth-order valence-corrected chi connectivity index (χ4v) is 2.93. The van der Waals surface area contributed by atoms with Crippen molar-refractivity contribution in [3.05, 3.63) is 48.0 Å². The topological polar surface area (TPSA) is 0 Å². The van der Waals surface area contributed by atoms with Gasteiger partial charge in [0.1, 0.15) is 0 Å². The standard InChI is InChI=1S/C13H28.C11H14.2CH4/c1-4-7-9-11-13(6-3)12-10-8-5-2;1-3-10(2)9-11-7-5-4-6-8-11;;/h13H,4-12H2,1-3H3;4-8H,2-3,9H2,1H3;2*1H4. The van der Waals surface area contributed by atoms with Gasteiger partial charge in [-0.15, -0.1) is 0 Å². The second kappa shape index (κ2) is 22.0. The molecule has 0 aliphatic rings. The third kappa shape index (κ3) is 17.8. The monoisotopic (exact) mass is 362 g/mol. The molecule has 0 unspecified atom stereocenters. The predicted octanol–water partition coefficient (Wildman–Crippen LogP) is 9.64. The van der Waals surface area contributed by atoms with E-state index in [1.54, 1.807) is 0 Å². The van der Waals surface area contributed by atoms with E-state index in [1.807, 2.05) is 6.07 Å². The van der Waals surface area contributed by atoms with Crippen LogP contribution in [-0.2, 0) is 6.42 Å². The Morgan fingerprint density at radius 1 is 0.808 bits per heavy atom. The second-order valence-corrected chi connectivity index (χ2v) is 7.03. The average Bonchev–Trinajstić information content (AvgIpc) is 2.62. The van der Waals surface area contributed by atoms with Crippen LogP contribution < -0.4 is 0 Å². The van der Waals surface area contributed by atoms with Crippen molar-refractivity contribution in [2.45, 2.75) is 113 Å². The van der Waals surface area contributed by atoms with Crippen LogP contribution in [0.3, 0.4) is 0 Å². The largest absolute Gasteiger partial charge is 0.0995 e. The number of allylic oxidation sites excluding steroid dienone is 1. The molecule has 1 aromatic carbocycles. The maximum atomic E-state index is 3.97. The summed E-state index contributed by atoms with van der Waals surface area (Å²) in [5.74, 6) is 1.03. The summed E-state index contributed by atoms with van der Waals surface area (Å²) in [6, 6.07) is 10.5. The molecule has 1 rings (SSSR count). The van der Waals surface area contributed by atoms with E-state index in [1.165, 1.54) is 68.9 Å². The molecule has 1 aromatic rings. The predicted molar refractivity (Wildman–Crippen MR) is 125 cm³/mol. The zero-order valence-electron chi connectivity index (χ0n) is 16.9. The molecule has 0 atom stereocenters. The quantitative estimate of drug-likeness (QED) is 0.256. The first-order valence-electron chi connectivity index (χ1n) is 10.4. The first-order chi connectivity index (χ1) is 11.7. The van der Waals surface area contributed by atoms with Crippen LogP contribution in [0.4, 0.5) is 0 Å². The van der Waals surface area contributed by atoms with Crippen molar-refractivity contribution in [2.24, 2.45) is 5.92 Å². The van der Waals surface area contributed by atoms with Gasteiger partial charge in [-0.2, -0.15) is 0 Å². The Bertz CT molecular complexity index is 366. The van der Waals surface area contributed by atoms with Gasteiger partial charge in [-0.3, -0.25) is 0 Å². The van der Waals surface area contributed by atoms with Gasteiger partial charge in [0.25, 0.3) is 0 Å². The lowest BCUT2D eigenvalue weighted by atomic mass is 9.93. The highest BCUT2D eigenvalue weighted by Gasteiger charge is 2.04. The van der Waals surface area contributed by atoms with Crippen LogP contribution >= 0.6 is 0 Å². The lowest BCUT2D eigenvalue weighted by Gasteiger charge is -2.13. The van der Waals surface area contributed by atoms with Gasteiger partial charge in [0, 0.05) is 0 Å². The number of hydrogen-bond acceptors (Lipinski definition) is 0. The lowest BCUT2D eigenvalue weighted by molar-refractivity contribution is 0.399. The van der Waals surface area contributed by atoms with Gasteiger partial charge < -0.3 is 0 Å². The highest BCUT2D eigenvalue weighted by Crippen LogP contribution is 2.20. The van der Waals surface area contributed by atoms with Gasteiger partial charge >= 0.3 is 0 Å². The molecule has 0 bridgehead atoms. The van der Waals surface area contributed by atoms with Gasteiger partial charge in [-0.1, -0.05) is 143 Å². The molecule has 0 spiro atoms. The molecule has 0 amide bonds. The average molecular weight is 363 g/mol. The van der Waals surface area contributed by atoms with Crippen LogP contribution in [0.15, 0.2) is 42.5 Å². The zero-order valence-corrected chi connectivity index (χ0v) is 16.9. The summed E-state index contributed by atoms with van der Waals surface area (Å²) in [5.41, 5.74) is 2.66. The minimum Gasteiger partial charge on any atom is -0.0995 e. The van der Waals surface area contributed by atoms with Gasteiger partial charge in [0.15, 0.2) is 0 Å². The van der Waals surface area contributed by atoms with Crippen LogP contribution in [0, 0.1) is 5.92 Å². The molecule has 0 heterocycles. The number of rotatable bonds is 12. The molecule has 0 fully saturated rings. The van der Waals surface area contributed by atoms with E-state index in [2.05, 4.69) is 58.5 Å². The van der Waals surface area contributed by atoms with Gasteiger partial charge in [0.2, 0.25) is 0 Å². The molecular formula is C26H50. The van der Waals surface area contributed by atoms with Crippen molar-refractivity contribution >= 4 is 0 Å². The van der Waals surface area contributed by atoms with E-state index >= 15 is 0 Å². The molecular weight excluding hydrogens is 312 g/mol. The fourth-order valence-electron chi connectivity index (χ4n) is 2.93. The first kappa shape index (κ1) is 29.7. The Kier molecular flexibility index (Phi) is 25.1. The van der Waals surface area contributed by atoms with E-state index in [-0.39, 0.29) is 14.9 Å². The summed E-state index contributed by atoms with van der Waals surface area (Å²) < 4.78 is 0. The second-order valence-electron chi connectivity index (χ2n) is 7.03. The molecule has 0 aliphatic heterocycles. The molecule has 26 heavy (non-hydrogen) atoms. The zero-order chi connectivity index (χ0) is 18.0. The molecule has 0 aromatic heterocycles. The minimum atomic E-state index is 0. The van der Waals surface area contributed by atoms with E-state index < -0.39 is 0 Å². The van der Waals surface area contributed by atoms with Crippen LogP contribution in [0.1, 0.15) is 112 Å². The maximum Gasteiger partial charge on any atom is -0.00699 e. The van der Waals surface area contributed by atoms with Crippen LogP contribution in [-0.4, -0.2) is 0 Å². The summed E-state index contributed by atoms with van der Waals surface area (Å²) in [6.45, 7) is 13.0. The lowest BCUT2D eigenvalue weighted by Crippen LogP contribution is -1.98. The Morgan fingerprint density at radius 2 is 1.31 bits per heavy atom. The summed E-state index contributed by atoms with van der Waals surface area (Å²) in [7, 11) is 0. The first-order valence-corrected chi connectivity index (χ1v) is 10.4. The van der Waals surface area contributed by atoms with E-state index in [0.717, 1.165) is 18.8 Å². The van der Waals surface area contributed by atoms with Gasteiger partial charge in [0.05, 0.1) is 0 Å². The minimum absolute atomic E-state index is 0. The molecule has 0 nitrogen and oxygen atoms in total. The summed E-state index contributed by atoms with van der Waals surface area (Å²) in [5, 5.41) is 0. The SMILES string of the molecule is C.C.C=C(CC)Cc1ccccc1.CCCCCC(CC)CCCCC. The Morgan fingerprint density at radius 3 is 1.69 bits per heavy atom. The van der Waals surface area contributed by atoms with Crippen molar-refractivity contribution < 1.29 is 0 Å².